The molecule has 0 aliphatic rings. The Balaban J connectivity index is 1.50. The molecular weight excluding hydrogens is 371 g/mol. The fourth-order valence-corrected chi connectivity index (χ4v) is 2.62. The normalized spacial score (nSPS) is 10.3. The maximum absolute atomic E-state index is 13.1. The Kier molecular flexibility index (Phi) is 6.58. The highest BCUT2D eigenvalue weighted by molar-refractivity contribution is 6.04. The lowest BCUT2D eigenvalue weighted by molar-refractivity contribution is -0.123. The van der Waals surface area contributed by atoms with Crippen LogP contribution in [-0.2, 0) is 11.3 Å². The molecule has 0 radical (unpaired) electrons. The molecule has 0 saturated heterocycles. The number of rotatable bonds is 7. The summed E-state index contributed by atoms with van der Waals surface area (Å²) in [6.07, 6.45) is 0. The van der Waals surface area contributed by atoms with E-state index in [4.69, 9.17) is 4.74 Å². The first kappa shape index (κ1) is 20.1. The molecule has 0 aromatic heterocycles. The van der Waals surface area contributed by atoms with E-state index in [1.165, 1.54) is 18.2 Å². The lowest BCUT2D eigenvalue weighted by atomic mass is 10.1. The third-order valence-electron chi connectivity index (χ3n) is 4.15. The standard InChI is InChI=1S/C23H21FN2O3/c1-16-8-10-18(11-9-16)23(28)26-20-6-2-4-17(12-20)14-25-22(27)15-29-21-7-3-5-19(24)13-21/h2-13H,14-15H2,1H3,(H,25,27)(H,26,28). The van der Waals surface area contributed by atoms with Gasteiger partial charge < -0.3 is 15.4 Å². The van der Waals surface area contributed by atoms with Gasteiger partial charge in [-0.2, -0.15) is 0 Å². The number of hydrogen-bond acceptors (Lipinski definition) is 3. The van der Waals surface area contributed by atoms with Gasteiger partial charge in [-0.05, 0) is 48.9 Å². The zero-order valence-electron chi connectivity index (χ0n) is 15.9. The first-order valence-corrected chi connectivity index (χ1v) is 9.11. The van der Waals surface area contributed by atoms with Crippen molar-refractivity contribution in [2.45, 2.75) is 13.5 Å². The predicted molar refractivity (Wildman–Crippen MR) is 109 cm³/mol. The van der Waals surface area contributed by atoms with E-state index in [0.717, 1.165) is 11.1 Å². The molecule has 5 nitrogen and oxygen atoms in total. The molecule has 0 fully saturated rings. The van der Waals surface area contributed by atoms with E-state index >= 15 is 0 Å². The van der Waals surface area contributed by atoms with E-state index in [9.17, 15) is 14.0 Å². The molecule has 29 heavy (non-hydrogen) atoms. The number of halogens is 1. The van der Waals surface area contributed by atoms with Crippen LogP contribution in [0.5, 0.6) is 5.75 Å². The van der Waals surface area contributed by atoms with Gasteiger partial charge in [0.1, 0.15) is 11.6 Å². The average molecular weight is 392 g/mol. The van der Waals surface area contributed by atoms with E-state index in [0.29, 0.717) is 17.0 Å². The van der Waals surface area contributed by atoms with Crippen molar-refractivity contribution in [3.63, 3.8) is 0 Å². The van der Waals surface area contributed by atoms with Gasteiger partial charge >= 0.3 is 0 Å². The van der Waals surface area contributed by atoms with Crippen LogP contribution in [0.4, 0.5) is 10.1 Å². The summed E-state index contributed by atoms with van der Waals surface area (Å²) in [5.41, 5.74) is 3.12. The zero-order chi connectivity index (χ0) is 20.6. The van der Waals surface area contributed by atoms with Crippen molar-refractivity contribution in [2.24, 2.45) is 0 Å². The third kappa shape index (κ3) is 6.17. The molecule has 3 aromatic carbocycles. The van der Waals surface area contributed by atoms with Crippen LogP contribution in [0.2, 0.25) is 0 Å². The first-order chi connectivity index (χ1) is 14.0. The molecule has 0 unspecified atom stereocenters. The maximum atomic E-state index is 13.1. The van der Waals surface area contributed by atoms with E-state index in [1.54, 1.807) is 36.4 Å². The van der Waals surface area contributed by atoms with E-state index in [-0.39, 0.29) is 25.0 Å². The highest BCUT2D eigenvalue weighted by atomic mass is 19.1. The van der Waals surface area contributed by atoms with Gasteiger partial charge in [0.15, 0.2) is 6.61 Å². The number of carbonyl (C=O) groups excluding carboxylic acids is 2. The zero-order valence-corrected chi connectivity index (χ0v) is 15.9. The molecule has 0 bridgehead atoms. The molecule has 0 atom stereocenters. The number of ether oxygens (including phenoxy) is 1. The Morgan fingerprint density at radius 2 is 1.72 bits per heavy atom. The second-order valence-electron chi connectivity index (χ2n) is 6.54. The highest BCUT2D eigenvalue weighted by Crippen LogP contribution is 2.14. The van der Waals surface area contributed by atoms with Gasteiger partial charge in [0.2, 0.25) is 0 Å². The van der Waals surface area contributed by atoms with Gasteiger partial charge in [-0.25, -0.2) is 4.39 Å². The molecule has 0 spiro atoms. The third-order valence-corrected chi connectivity index (χ3v) is 4.15. The molecule has 2 amide bonds. The van der Waals surface area contributed by atoms with Crippen LogP contribution in [-0.4, -0.2) is 18.4 Å². The smallest absolute Gasteiger partial charge is 0.258 e. The molecule has 0 heterocycles. The molecule has 148 valence electrons. The lowest BCUT2D eigenvalue weighted by Gasteiger charge is -2.10. The van der Waals surface area contributed by atoms with Crippen LogP contribution in [0, 0.1) is 12.7 Å². The van der Waals surface area contributed by atoms with Gasteiger partial charge in [-0.3, -0.25) is 9.59 Å². The van der Waals surface area contributed by atoms with Gasteiger partial charge in [0.25, 0.3) is 11.8 Å². The summed E-state index contributed by atoms with van der Waals surface area (Å²) in [6, 6.07) is 20.1. The Morgan fingerprint density at radius 1 is 0.966 bits per heavy atom. The minimum atomic E-state index is -0.424. The predicted octanol–water partition coefficient (Wildman–Crippen LogP) is 4.08. The van der Waals surface area contributed by atoms with Crippen LogP contribution in [0.25, 0.3) is 0 Å². The maximum Gasteiger partial charge on any atom is 0.258 e. The largest absolute Gasteiger partial charge is 0.484 e. The number of anilines is 1. The quantitative estimate of drug-likeness (QED) is 0.637. The van der Waals surface area contributed by atoms with E-state index < -0.39 is 5.82 Å². The average Bonchev–Trinajstić information content (AvgIpc) is 2.71. The molecule has 0 aliphatic heterocycles. The van der Waals surface area contributed by atoms with Crippen LogP contribution in [0.15, 0.2) is 72.8 Å². The number of amides is 2. The van der Waals surface area contributed by atoms with Crippen molar-refractivity contribution in [2.75, 3.05) is 11.9 Å². The van der Waals surface area contributed by atoms with Crippen LogP contribution >= 0.6 is 0 Å². The molecule has 0 saturated carbocycles. The summed E-state index contributed by atoms with van der Waals surface area (Å²) in [4.78, 5) is 24.3. The molecular formula is C23H21FN2O3. The van der Waals surface area contributed by atoms with E-state index in [2.05, 4.69) is 10.6 Å². The number of carbonyl (C=O) groups is 2. The van der Waals surface area contributed by atoms with Crippen molar-refractivity contribution in [3.8, 4) is 5.75 Å². The fourth-order valence-electron chi connectivity index (χ4n) is 2.62. The molecule has 0 aliphatic carbocycles. The number of nitrogens with one attached hydrogen (secondary N) is 2. The summed E-state index contributed by atoms with van der Waals surface area (Å²) in [6.45, 7) is 2.02. The molecule has 3 aromatic rings. The van der Waals surface area contributed by atoms with Crippen molar-refractivity contribution in [3.05, 3.63) is 95.3 Å². The monoisotopic (exact) mass is 392 g/mol. The summed E-state index contributed by atoms with van der Waals surface area (Å²) < 4.78 is 18.4. The minimum Gasteiger partial charge on any atom is -0.484 e. The number of benzene rings is 3. The summed E-state index contributed by atoms with van der Waals surface area (Å²) in [5.74, 6) is -0.661. The van der Waals surface area contributed by atoms with Crippen molar-refractivity contribution >= 4 is 17.5 Å². The fraction of sp³-hybridized carbons (Fsp3) is 0.130. The molecule has 2 N–H and O–H groups in total. The van der Waals surface area contributed by atoms with Gasteiger partial charge in [0.05, 0.1) is 0 Å². The van der Waals surface area contributed by atoms with Gasteiger partial charge in [-0.1, -0.05) is 35.9 Å². The van der Waals surface area contributed by atoms with Crippen molar-refractivity contribution < 1.29 is 18.7 Å². The summed E-state index contributed by atoms with van der Waals surface area (Å²) in [5, 5.41) is 5.58. The SMILES string of the molecule is Cc1ccc(C(=O)Nc2cccc(CNC(=O)COc3cccc(F)c3)c2)cc1. The van der Waals surface area contributed by atoms with Crippen LogP contribution < -0.4 is 15.4 Å². The summed E-state index contributed by atoms with van der Waals surface area (Å²) >= 11 is 0. The highest BCUT2D eigenvalue weighted by Gasteiger charge is 2.07. The molecule has 6 heteroatoms. The van der Waals surface area contributed by atoms with E-state index in [1.807, 2.05) is 25.1 Å². The van der Waals surface area contributed by atoms with Crippen molar-refractivity contribution in [1.82, 2.24) is 5.32 Å². The van der Waals surface area contributed by atoms with Gasteiger partial charge in [0, 0.05) is 23.9 Å². The van der Waals surface area contributed by atoms with Crippen LogP contribution in [0.1, 0.15) is 21.5 Å². The Labute approximate surface area is 168 Å². The Bertz CT molecular complexity index is 1000. The van der Waals surface area contributed by atoms with Gasteiger partial charge in [-0.15, -0.1) is 0 Å². The first-order valence-electron chi connectivity index (χ1n) is 9.11. The topological polar surface area (TPSA) is 67.4 Å². The second-order valence-corrected chi connectivity index (χ2v) is 6.54. The molecule has 3 rings (SSSR count). The Morgan fingerprint density at radius 3 is 2.48 bits per heavy atom. The lowest BCUT2D eigenvalue weighted by Crippen LogP contribution is -2.28. The number of hydrogen-bond donors (Lipinski definition) is 2. The summed E-state index contributed by atoms with van der Waals surface area (Å²) in [7, 11) is 0. The van der Waals surface area contributed by atoms with Crippen molar-refractivity contribution in [1.29, 1.82) is 0 Å². The second kappa shape index (κ2) is 9.50. The van der Waals surface area contributed by atoms with Crippen LogP contribution in [0.3, 0.4) is 0 Å². The number of aryl methyl sites for hydroxylation is 1. The Hall–Kier alpha value is -3.67. The minimum absolute atomic E-state index is 0.199.